The molecule has 1 heterocycles. The van der Waals surface area contributed by atoms with Gasteiger partial charge in [-0.15, -0.1) is 0 Å². The zero-order valence-corrected chi connectivity index (χ0v) is 16.7. The zero-order chi connectivity index (χ0) is 21.0. The first-order chi connectivity index (χ1) is 13.9. The average Bonchev–Trinajstić information content (AvgIpc) is 2.72. The number of rotatable bonds is 6. The number of methoxy groups -OCH3 is 1. The van der Waals surface area contributed by atoms with E-state index in [1.807, 2.05) is 43.3 Å². The van der Waals surface area contributed by atoms with Crippen molar-refractivity contribution in [1.29, 1.82) is 0 Å². The minimum atomic E-state index is -0.677. The van der Waals surface area contributed by atoms with E-state index >= 15 is 0 Å². The molecule has 2 aromatic carbocycles. The Hall–Kier alpha value is -3.45. The predicted molar refractivity (Wildman–Crippen MR) is 112 cm³/mol. The Bertz CT molecular complexity index is 936. The Kier molecular flexibility index (Phi) is 6.09. The molecule has 0 atom stereocenters. The highest BCUT2D eigenvalue weighted by Gasteiger charge is 2.42. The molecule has 0 radical (unpaired) electrons. The van der Waals surface area contributed by atoms with Crippen LogP contribution in [0.4, 0.5) is 16.2 Å². The maximum atomic E-state index is 13.1. The smallest absolute Gasteiger partial charge is 0.338 e. The number of imide groups is 2. The monoisotopic (exact) mass is 393 g/mol. The molecule has 29 heavy (non-hydrogen) atoms. The fraction of sp³-hybridized carbons (Fsp3) is 0.227. The Morgan fingerprint density at radius 2 is 1.59 bits per heavy atom. The Morgan fingerprint density at radius 1 is 0.931 bits per heavy atom. The molecule has 0 unspecified atom stereocenters. The molecule has 1 fully saturated rings. The molecule has 0 aliphatic carbocycles. The van der Waals surface area contributed by atoms with Crippen molar-refractivity contribution in [3.63, 3.8) is 0 Å². The van der Waals surface area contributed by atoms with E-state index in [0.29, 0.717) is 11.3 Å². The van der Waals surface area contributed by atoms with Crippen molar-refractivity contribution in [2.24, 2.45) is 0 Å². The molecule has 2 aromatic rings. The lowest BCUT2D eigenvalue weighted by atomic mass is 10.1. The maximum absolute atomic E-state index is 13.1. The van der Waals surface area contributed by atoms with E-state index in [2.05, 4.69) is 0 Å². The first-order valence-electron chi connectivity index (χ1n) is 9.17. The number of ether oxygens (including phenoxy) is 1. The van der Waals surface area contributed by atoms with Gasteiger partial charge in [-0.1, -0.05) is 30.3 Å². The van der Waals surface area contributed by atoms with E-state index in [0.717, 1.165) is 15.5 Å². The van der Waals surface area contributed by atoms with E-state index in [1.54, 1.807) is 30.3 Å². The third-order valence-electron chi connectivity index (χ3n) is 4.59. The summed E-state index contributed by atoms with van der Waals surface area (Å²) < 4.78 is 5.02. The van der Waals surface area contributed by atoms with Gasteiger partial charge in [0.05, 0.1) is 18.8 Å². The van der Waals surface area contributed by atoms with Gasteiger partial charge in [-0.2, -0.15) is 0 Å². The SMILES string of the molecule is COCCN1C(=O)/C(=C\c2ccc(N(C)C)cc2)C(=O)N(c2ccccc2)C1=O. The summed E-state index contributed by atoms with van der Waals surface area (Å²) in [6, 6.07) is 15.3. The number of nitrogens with zero attached hydrogens (tertiary/aromatic N) is 3. The third kappa shape index (κ3) is 4.20. The summed E-state index contributed by atoms with van der Waals surface area (Å²) in [5.74, 6) is -1.27. The lowest BCUT2D eigenvalue weighted by Crippen LogP contribution is -2.57. The van der Waals surface area contributed by atoms with E-state index in [-0.39, 0.29) is 18.7 Å². The average molecular weight is 393 g/mol. The quantitative estimate of drug-likeness (QED) is 0.558. The van der Waals surface area contributed by atoms with Crippen LogP contribution in [-0.4, -0.2) is 57.1 Å². The van der Waals surface area contributed by atoms with Gasteiger partial charge in [-0.25, -0.2) is 9.69 Å². The van der Waals surface area contributed by atoms with Crippen molar-refractivity contribution in [2.75, 3.05) is 44.2 Å². The van der Waals surface area contributed by atoms with Crippen molar-refractivity contribution in [1.82, 2.24) is 4.90 Å². The highest BCUT2D eigenvalue weighted by molar-refractivity contribution is 6.39. The van der Waals surface area contributed by atoms with Gasteiger partial charge >= 0.3 is 6.03 Å². The number of urea groups is 1. The summed E-state index contributed by atoms with van der Waals surface area (Å²) in [4.78, 5) is 42.9. The van der Waals surface area contributed by atoms with Crippen molar-refractivity contribution in [3.05, 3.63) is 65.7 Å². The highest BCUT2D eigenvalue weighted by atomic mass is 16.5. The number of para-hydroxylation sites is 1. The van der Waals surface area contributed by atoms with Gasteiger partial charge in [0, 0.05) is 26.9 Å². The molecule has 1 aliphatic heterocycles. The van der Waals surface area contributed by atoms with Crippen LogP contribution in [0.15, 0.2) is 60.2 Å². The fourth-order valence-electron chi connectivity index (χ4n) is 3.00. The number of hydrogen-bond acceptors (Lipinski definition) is 5. The Labute approximate surface area is 169 Å². The summed E-state index contributed by atoms with van der Waals surface area (Å²) in [5, 5.41) is 0. The molecule has 0 bridgehead atoms. The molecule has 1 saturated heterocycles. The van der Waals surface area contributed by atoms with Crippen LogP contribution in [0.5, 0.6) is 0 Å². The lowest BCUT2D eigenvalue weighted by Gasteiger charge is -2.33. The van der Waals surface area contributed by atoms with Gasteiger partial charge in [0.15, 0.2) is 0 Å². The molecule has 1 aliphatic rings. The Balaban J connectivity index is 2.02. The number of carbonyl (C=O) groups excluding carboxylic acids is 3. The zero-order valence-electron chi connectivity index (χ0n) is 16.7. The summed E-state index contributed by atoms with van der Waals surface area (Å²) in [6.45, 7) is 0.237. The molecule has 0 saturated carbocycles. The number of amides is 4. The van der Waals surface area contributed by atoms with Crippen LogP contribution in [0.1, 0.15) is 5.56 Å². The Morgan fingerprint density at radius 3 is 2.17 bits per heavy atom. The standard InChI is InChI=1S/C22H23N3O4/c1-23(2)17-11-9-16(10-12-17)15-19-20(26)24(13-14-29-3)22(28)25(21(19)27)18-7-5-4-6-8-18/h4-12,15H,13-14H2,1-3H3/b19-15+. The summed E-state index contributed by atoms with van der Waals surface area (Å²) >= 11 is 0. The second-order valence-corrected chi connectivity index (χ2v) is 6.75. The number of anilines is 2. The fourth-order valence-corrected chi connectivity index (χ4v) is 3.00. The van der Waals surface area contributed by atoms with Crippen molar-refractivity contribution < 1.29 is 19.1 Å². The molecular weight excluding hydrogens is 370 g/mol. The molecule has 4 amide bonds. The minimum absolute atomic E-state index is 0.0572. The number of barbiturate groups is 1. The second-order valence-electron chi connectivity index (χ2n) is 6.75. The topological polar surface area (TPSA) is 70.2 Å². The van der Waals surface area contributed by atoms with Crippen LogP contribution < -0.4 is 9.80 Å². The molecule has 7 nitrogen and oxygen atoms in total. The van der Waals surface area contributed by atoms with Gasteiger partial charge in [-0.3, -0.25) is 14.5 Å². The van der Waals surface area contributed by atoms with Gasteiger partial charge < -0.3 is 9.64 Å². The van der Waals surface area contributed by atoms with Gasteiger partial charge in [0.25, 0.3) is 11.8 Å². The number of carbonyl (C=O) groups is 3. The van der Waals surface area contributed by atoms with Crippen LogP contribution in [-0.2, 0) is 14.3 Å². The van der Waals surface area contributed by atoms with Crippen LogP contribution >= 0.6 is 0 Å². The summed E-state index contributed by atoms with van der Waals surface area (Å²) in [5.41, 5.74) is 2.03. The molecule has 0 spiro atoms. The minimum Gasteiger partial charge on any atom is -0.383 e. The second kappa shape index (κ2) is 8.70. The lowest BCUT2D eigenvalue weighted by molar-refractivity contribution is -0.129. The van der Waals surface area contributed by atoms with E-state index in [9.17, 15) is 14.4 Å². The highest BCUT2D eigenvalue weighted by Crippen LogP contribution is 2.26. The third-order valence-corrected chi connectivity index (χ3v) is 4.59. The van der Waals surface area contributed by atoms with Crippen LogP contribution in [0.2, 0.25) is 0 Å². The summed E-state index contributed by atoms with van der Waals surface area (Å²) in [6.07, 6.45) is 1.52. The first kappa shape index (κ1) is 20.3. The van der Waals surface area contributed by atoms with Crippen molar-refractivity contribution >= 4 is 35.3 Å². The van der Waals surface area contributed by atoms with E-state index in [1.165, 1.54) is 13.2 Å². The first-order valence-corrected chi connectivity index (χ1v) is 9.17. The van der Waals surface area contributed by atoms with E-state index < -0.39 is 17.8 Å². The number of hydrogen-bond donors (Lipinski definition) is 0. The van der Waals surface area contributed by atoms with Gasteiger partial charge in [0.1, 0.15) is 5.57 Å². The van der Waals surface area contributed by atoms with Crippen molar-refractivity contribution in [3.8, 4) is 0 Å². The van der Waals surface area contributed by atoms with Crippen molar-refractivity contribution in [2.45, 2.75) is 0 Å². The van der Waals surface area contributed by atoms with E-state index in [4.69, 9.17) is 4.74 Å². The van der Waals surface area contributed by atoms with Crippen LogP contribution in [0.25, 0.3) is 6.08 Å². The van der Waals surface area contributed by atoms with Gasteiger partial charge in [-0.05, 0) is 35.9 Å². The predicted octanol–water partition coefficient (Wildman–Crippen LogP) is 2.78. The molecule has 150 valence electrons. The molecule has 0 N–H and O–H groups in total. The maximum Gasteiger partial charge on any atom is 0.338 e. The van der Waals surface area contributed by atoms with Crippen LogP contribution in [0, 0.1) is 0 Å². The number of benzene rings is 2. The molecule has 7 heteroatoms. The molecular formula is C22H23N3O4. The molecule has 0 aromatic heterocycles. The van der Waals surface area contributed by atoms with Crippen LogP contribution in [0.3, 0.4) is 0 Å². The largest absolute Gasteiger partial charge is 0.383 e. The normalized spacial score (nSPS) is 16.0. The summed E-state index contributed by atoms with van der Waals surface area (Å²) in [7, 11) is 5.35. The molecule has 3 rings (SSSR count). The van der Waals surface area contributed by atoms with Gasteiger partial charge in [0.2, 0.25) is 0 Å².